The molecule has 1 saturated heterocycles. The number of nitrogens with one attached hydrogen (secondary N) is 1. The van der Waals surface area contributed by atoms with Crippen LogP contribution in [0.5, 0.6) is 0 Å². The number of rotatable bonds is 6. The maximum Gasteiger partial charge on any atom is 0.416 e. The largest absolute Gasteiger partial charge is 0.416 e. The second-order valence-corrected chi connectivity index (χ2v) is 7.06. The summed E-state index contributed by atoms with van der Waals surface area (Å²) in [5, 5.41) is 2.99. The van der Waals surface area contributed by atoms with Crippen LogP contribution in [0, 0.1) is 0 Å². The molecule has 4 nitrogen and oxygen atoms in total. The molecule has 2 atom stereocenters. The lowest BCUT2D eigenvalue weighted by Gasteiger charge is -2.25. The van der Waals surface area contributed by atoms with Crippen LogP contribution in [-0.4, -0.2) is 35.5 Å². The maximum atomic E-state index is 12.6. The molecular formula is C18H27ClF3N3O. The van der Waals surface area contributed by atoms with Gasteiger partial charge in [0.05, 0.1) is 11.1 Å². The number of nitrogens with zero attached hydrogens (tertiary/aromatic N) is 1. The molecule has 0 spiro atoms. The molecule has 1 heterocycles. The fraction of sp³-hybridized carbons (Fsp3) is 0.611. The second-order valence-electron chi connectivity index (χ2n) is 7.06. The van der Waals surface area contributed by atoms with Crippen molar-refractivity contribution in [3.8, 4) is 0 Å². The van der Waals surface area contributed by atoms with Gasteiger partial charge in [0.25, 0.3) is 0 Å². The second kappa shape index (κ2) is 9.06. The number of amides is 1. The third kappa shape index (κ3) is 6.14. The molecule has 2 rings (SSSR count). The number of nitrogens with two attached hydrogens (primary N) is 1. The number of halogens is 4. The molecule has 26 heavy (non-hydrogen) atoms. The first-order valence-corrected chi connectivity index (χ1v) is 8.60. The maximum absolute atomic E-state index is 12.6. The van der Waals surface area contributed by atoms with E-state index in [1.54, 1.807) is 6.92 Å². The fourth-order valence-corrected chi connectivity index (χ4v) is 3.13. The number of benzene rings is 1. The van der Waals surface area contributed by atoms with Gasteiger partial charge in [-0.2, -0.15) is 13.2 Å². The van der Waals surface area contributed by atoms with Crippen molar-refractivity contribution in [3.05, 3.63) is 35.4 Å². The first-order chi connectivity index (χ1) is 11.6. The zero-order valence-electron chi connectivity index (χ0n) is 15.1. The lowest BCUT2D eigenvalue weighted by molar-refractivity contribution is -0.137. The zero-order chi connectivity index (χ0) is 18.7. The molecule has 1 aliphatic heterocycles. The van der Waals surface area contributed by atoms with E-state index in [2.05, 4.69) is 10.2 Å². The molecule has 0 aliphatic carbocycles. The molecule has 0 bridgehead atoms. The molecule has 148 valence electrons. The highest BCUT2D eigenvalue weighted by molar-refractivity contribution is 5.86. The van der Waals surface area contributed by atoms with Crippen molar-refractivity contribution in [3.63, 3.8) is 0 Å². The van der Waals surface area contributed by atoms with Gasteiger partial charge in [0.2, 0.25) is 5.91 Å². The average Bonchev–Trinajstić information content (AvgIpc) is 2.94. The smallest absolute Gasteiger partial charge is 0.350 e. The highest BCUT2D eigenvalue weighted by Gasteiger charge is 2.32. The first kappa shape index (κ1) is 22.7. The summed E-state index contributed by atoms with van der Waals surface area (Å²) in [6.07, 6.45) is -2.03. The Kier molecular flexibility index (Phi) is 7.92. The summed E-state index contributed by atoms with van der Waals surface area (Å²) in [5.74, 6) is -0.143. The summed E-state index contributed by atoms with van der Waals surface area (Å²) in [5.41, 5.74) is 5.36. The van der Waals surface area contributed by atoms with E-state index in [0.29, 0.717) is 19.5 Å². The number of carbonyl (C=O) groups excluding carboxylic acids is 1. The van der Waals surface area contributed by atoms with Crippen LogP contribution in [0.1, 0.15) is 44.2 Å². The van der Waals surface area contributed by atoms with Gasteiger partial charge < -0.3 is 11.1 Å². The van der Waals surface area contributed by atoms with Gasteiger partial charge in [-0.25, -0.2) is 0 Å². The van der Waals surface area contributed by atoms with E-state index in [9.17, 15) is 18.0 Å². The topological polar surface area (TPSA) is 58.4 Å². The van der Waals surface area contributed by atoms with Crippen molar-refractivity contribution in [1.82, 2.24) is 10.2 Å². The number of carbonyl (C=O) groups is 1. The van der Waals surface area contributed by atoms with E-state index < -0.39 is 17.3 Å². The average molecular weight is 394 g/mol. The minimum atomic E-state index is -4.31. The third-order valence-electron chi connectivity index (χ3n) is 4.58. The van der Waals surface area contributed by atoms with E-state index >= 15 is 0 Å². The van der Waals surface area contributed by atoms with Crippen molar-refractivity contribution in [1.29, 1.82) is 0 Å². The minimum absolute atomic E-state index is 0. The van der Waals surface area contributed by atoms with Gasteiger partial charge in [-0.05, 0) is 37.5 Å². The Labute approximate surface area is 158 Å². The van der Waals surface area contributed by atoms with Gasteiger partial charge in [-0.15, -0.1) is 12.4 Å². The molecule has 1 fully saturated rings. The van der Waals surface area contributed by atoms with Crippen molar-refractivity contribution >= 4 is 18.3 Å². The minimum Gasteiger partial charge on any atom is -0.350 e. The SMILES string of the molecule is CCCC(C)(N)C(=O)NC1CCN(Cc2ccc(C(F)(F)F)cc2)C1.Cl. The van der Waals surface area contributed by atoms with Crippen LogP contribution >= 0.6 is 12.4 Å². The van der Waals surface area contributed by atoms with Gasteiger partial charge in [0.15, 0.2) is 0 Å². The Hall–Kier alpha value is -1.31. The van der Waals surface area contributed by atoms with E-state index in [1.807, 2.05) is 6.92 Å². The highest BCUT2D eigenvalue weighted by atomic mass is 35.5. The quantitative estimate of drug-likeness (QED) is 0.779. The lowest BCUT2D eigenvalue weighted by Crippen LogP contribution is -2.54. The van der Waals surface area contributed by atoms with Crippen molar-refractivity contribution < 1.29 is 18.0 Å². The number of likely N-dealkylation sites (tertiary alicyclic amines) is 1. The van der Waals surface area contributed by atoms with Gasteiger partial charge in [0, 0.05) is 25.7 Å². The summed E-state index contributed by atoms with van der Waals surface area (Å²) in [6, 6.07) is 5.26. The van der Waals surface area contributed by atoms with Crippen molar-refractivity contribution in [2.24, 2.45) is 5.73 Å². The van der Waals surface area contributed by atoms with Gasteiger partial charge in [0.1, 0.15) is 0 Å². The van der Waals surface area contributed by atoms with Crippen LogP contribution < -0.4 is 11.1 Å². The zero-order valence-corrected chi connectivity index (χ0v) is 15.9. The molecule has 1 aliphatic rings. The molecule has 0 aromatic heterocycles. The fourth-order valence-electron chi connectivity index (χ4n) is 3.13. The summed E-state index contributed by atoms with van der Waals surface area (Å²) in [4.78, 5) is 14.4. The van der Waals surface area contributed by atoms with Gasteiger partial charge in [-0.3, -0.25) is 9.69 Å². The summed E-state index contributed by atoms with van der Waals surface area (Å²) < 4.78 is 37.8. The van der Waals surface area contributed by atoms with Crippen LogP contribution in [0.3, 0.4) is 0 Å². The van der Waals surface area contributed by atoms with Crippen molar-refractivity contribution in [2.75, 3.05) is 13.1 Å². The monoisotopic (exact) mass is 393 g/mol. The molecular weight excluding hydrogens is 367 g/mol. The molecule has 0 saturated carbocycles. The Balaban J connectivity index is 0.00000338. The van der Waals surface area contributed by atoms with Crippen LogP contribution in [0.4, 0.5) is 13.2 Å². The van der Waals surface area contributed by atoms with Crippen LogP contribution in [0.2, 0.25) is 0 Å². The molecule has 3 N–H and O–H groups in total. The van der Waals surface area contributed by atoms with E-state index in [-0.39, 0.29) is 24.4 Å². The number of alkyl halides is 3. The molecule has 1 aromatic carbocycles. The Morgan fingerprint density at radius 3 is 2.46 bits per heavy atom. The number of hydrogen-bond acceptors (Lipinski definition) is 3. The molecule has 1 amide bonds. The standard InChI is InChI=1S/C18H26F3N3O.ClH/c1-3-9-17(2,22)16(25)23-15-8-10-24(12-15)11-13-4-6-14(7-5-13)18(19,20)21;/h4-7,15H,3,8-12,22H2,1-2H3,(H,23,25);1H. The Bertz CT molecular complexity index is 590. The third-order valence-corrected chi connectivity index (χ3v) is 4.58. The van der Waals surface area contributed by atoms with E-state index in [4.69, 9.17) is 5.73 Å². The first-order valence-electron chi connectivity index (χ1n) is 8.60. The Morgan fingerprint density at radius 1 is 1.31 bits per heavy atom. The summed E-state index contributed by atoms with van der Waals surface area (Å²) in [6.45, 7) is 5.76. The van der Waals surface area contributed by atoms with Crippen molar-refractivity contribution in [2.45, 2.75) is 57.4 Å². The number of hydrogen-bond donors (Lipinski definition) is 2. The summed E-state index contributed by atoms with van der Waals surface area (Å²) in [7, 11) is 0. The Morgan fingerprint density at radius 2 is 1.92 bits per heavy atom. The molecule has 8 heteroatoms. The molecule has 2 unspecified atom stereocenters. The molecule has 0 radical (unpaired) electrons. The van der Waals surface area contributed by atoms with E-state index in [1.165, 1.54) is 12.1 Å². The molecule has 1 aromatic rings. The van der Waals surface area contributed by atoms with E-state index in [0.717, 1.165) is 37.1 Å². The highest BCUT2D eigenvalue weighted by Crippen LogP contribution is 2.29. The van der Waals surface area contributed by atoms with Crippen LogP contribution in [0.25, 0.3) is 0 Å². The normalized spacial score (nSPS) is 20.3. The summed E-state index contributed by atoms with van der Waals surface area (Å²) >= 11 is 0. The van der Waals surface area contributed by atoms with Gasteiger partial charge in [-0.1, -0.05) is 25.5 Å². The predicted molar refractivity (Wildman–Crippen MR) is 98.0 cm³/mol. The van der Waals surface area contributed by atoms with Gasteiger partial charge >= 0.3 is 6.18 Å². The lowest BCUT2D eigenvalue weighted by atomic mass is 9.96. The van der Waals surface area contributed by atoms with Crippen LogP contribution in [0.15, 0.2) is 24.3 Å². The predicted octanol–water partition coefficient (Wildman–Crippen LogP) is 3.34. The van der Waals surface area contributed by atoms with Crippen LogP contribution in [-0.2, 0) is 17.5 Å².